The first kappa shape index (κ1) is 22.7. The van der Waals surface area contributed by atoms with E-state index in [4.69, 9.17) is 0 Å². The fourth-order valence-corrected chi connectivity index (χ4v) is 4.31. The van der Waals surface area contributed by atoms with Gasteiger partial charge in [-0.25, -0.2) is 0 Å². The summed E-state index contributed by atoms with van der Waals surface area (Å²) in [4.78, 5) is 25.8. The Kier molecular flexibility index (Phi) is 7.45. The molecule has 30 heavy (non-hydrogen) atoms. The number of carbonyl (C=O) groups excluding carboxylic acids is 2. The topological polar surface area (TPSA) is 87.2 Å². The van der Waals surface area contributed by atoms with Crippen molar-refractivity contribution in [3.8, 4) is 0 Å². The number of halogens is 3. The smallest absolute Gasteiger partial charge is 0.349 e. The van der Waals surface area contributed by atoms with Crippen molar-refractivity contribution in [2.24, 2.45) is 5.92 Å². The molecule has 0 radical (unpaired) electrons. The maximum Gasteiger partial charge on any atom is 0.445 e. The highest BCUT2D eigenvalue weighted by Crippen LogP contribution is 2.34. The van der Waals surface area contributed by atoms with Crippen molar-refractivity contribution in [2.45, 2.75) is 63.2 Å². The quantitative estimate of drug-likeness (QED) is 0.631. The molecule has 2 amide bonds. The van der Waals surface area contributed by atoms with Crippen LogP contribution in [0.5, 0.6) is 0 Å². The predicted octanol–water partition coefficient (Wildman–Crippen LogP) is 2.89. The monoisotopic (exact) mass is 445 g/mol. The summed E-state index contributed by atoms with van der Waals surface area (Å²) in [7, 11) is 1.35. The maximum atomic E-state index is 12.7. The Hall–Kier alpha value is -2.01. The van der Waals surface area contributed by atoms with Gasteiger partial charge in [0.2, 0.25) is 16.0 Å². The second-order valence-electron chi connectivity index (χ2n) is 7.79. The van der Waals surface area contributed by atoms with E-state index in [0.717, 1.165) is 37.1 Å². The van der Waals surface area contributed by atoms with Crippen LogP contribution in [-0.2, 0) is 15.8 Å². The molecule has 1 aromatic heterocycles. The molecule has 2 N–H and O–H groups in total. The first-order chi connectivity index (χ1) is 14.2. The second-order valence-corrected chi connectivity index (χ2v) is 8.75. The van der Waals surface area contributed by atoms with Crippen LogP contribution in [0.25, 0.3) is 0 Å². The first-order valence-corrected chi connectivity index (χ1v) is 11.0. The van der Waals surface area contributed by atoms with Gasteiger partial charge < -0.3 is 10.6 Å². The summed E-state index contributed by atoms with van der Waals surface area (Å²) in [5, 5.41) is 11.4. The molecule has 11 heteroatoms. The second kappa shape index (κ2) is 9.86. The van der Waals surface area contributed by atoms with Crippen LogP contribution < -0.4 is 15.5 Å². The van der Waals surface area contributed by atoms with Gasteiger partial charge in [-0.05, 0) is 25.3 Å². The number of hydrogen-bond acceptors (Lipinski definition) is 6. The Morgan fingerprint density at radius 3 is 2.53 bits per heavy atom. The van der Waals surface area contributed by atoms with Gasteiger partial charge in [0.15, 0.2) is 0 Å². The van der Waals surface area contributed by atoms with Crippen molar-refractivity contribution in [1.82, 2.24) is 20.8 Å². The predicted molar refractivity (Wildman–Crippen MR) is 107 cm³/mol. The fraction of sp³-hybridized carbons (Fsp3) is 0.684. The van der Waals surface area contributed by atoms with E-state index >= 15 is 0 Å². The molecule has 2 fully saturated rings. The number of rotatable bonds is 7. The molecule has 7 nitrogen and oxygen atoms in total. The van der Waals surface area contributed by atoms with Gasteiger partial charge in [0.05, 0.1) is 6.04 Å². The minimum Gasteiger partial charge on any atom is -0.349 e. The Morgan fingerprint density at radius 2 is 1.97 bits per heavy atom. The molecule has 2 heterocycles. The van der Waals surface area contributed by atoms with Crippen LogP contribution in [0.15, 0.2) is 12.2 Å². The number of carbonyl (C=O) groups is 2. The lowest BCUT2D eigenvalue weighted by atomic mass is 9.84. The molecule has 0 aromatic carbocycles. The normalized spacial score (nSPS) is 21.3. The summed E-state index contributed by atoms with van der Waals surface area (Å²) >= 11 is 0.310. The number of alkyl halides is 3. The summed E-state index contributed by atoms with van der Waals surface area (Å²) in [6.45, 7) is 0.812. The Morgan fingerprint density at radius 1 is 1.27 bits per heavy atom. The molecule has 1 aliphatic heterocycles. The van der Waals surface area contributed by atoms with Crippen LogP contribution in [0.1, 0.15) is 50.0 Å². The molecule has 166 valence electrons. The summed E-state index contributed by atoms with van der Waals surface area (Å²) in [5.74, 6) is -0.135. The van der Waals surface area contributed by atoms with Gasteiger partial charge in [-0.3, -0.25) is 14.5 Å². The van der Waals surface area contributed by atoms with Crippen molar-refractivity contribution >= 4 is 28.3 Å². The van der Waals surface area contributed by atoms with E-state index < -0.39 is 17.1 Å². The van der Waals surface area contributed by atoms with E-state index in [9.17, 15) is 22.8 Å². The Balaban J connectivity index is 1.64. The molecule has 3 rings (SSSR count). The molecule has 2 aliphatic rings. The fourth-order valence-electron chi connectivity index (χ4n) is 3.63. The van der Waals surface area contributed by atoms with E-state index in [1.807, 2.05) is 0 Å². The van der Waals surface area contributed by atoms with Crippen LogP contribution in [0.2, 0.25) is 0 Å². The van der Waals surface area contributed by atoms with Crippen LogP contribution in [-0.4, -0.2) is 47.7 Å². The highest BCUT2D eigenvalue weighted by atomic mass is 32.1. The summed E-state index contributed by atoms with van der Waals surface area (Å²) < 4.78 is 38.1. The molecule has 2 atom stereocenters. The molecule has 0 spiro atoms. The zero-order chi connectivity index (χ0) is 21.7. The highest BCUT2D eigenvalue weighted by molar-refractivity contribution is 7.15. The zero-order valence-electron chi connectivity index (χ0n) is 16.7. The van der Waals surface area contributed by atoms with Crippen LogP contribution in [0.3, 0.4) is 0 Å². The lowest BCUT2D eigenvalue weighted by Gasteiger charge is -2.30. The van der Waals surface area contributed by atoms with E-state index in [2.05, 4.69) is 20.8 Å². The number of anilines is 1. The minimum atomic E-state index is -4.60. The van der Waals surface area contributed by atoms with E-state index in [1.54, 1.807) is 6.08 Å². The maximum absolute atomic E-state index is 12.7. The van der Waals surface area contributed by atoms with Crippen molar-refractivity contribution in [1.29, 1.82) is 0 Å². The van der Waals surface area contributed by atoms with E-state index in [1.165, 1.54) is 32.4 Å². The number of nitrogens with one attached hydrogen (secondary N) is 2. The van der Waals surface area contributed by atoms with Crippen molar-refractivity contribution < 1.29 is 22.8 Å². The standard InChI is InChI=1S/C19H26F3N5O2S/c1-27(18-26-25-17(30-18)19(20,21)22)15(28)8-7-13(11-12-5-3-2-4-6-12)24-16(29)14-9-10-23-14/h7-8,12-14,23H,2-6,9-11H2,1H3,(H,24,29)/t13-,14+/m1/s1. The number of likely N-dealkylation sites (N-methyl/N-ethyl adjacent to an activating group) is 1. The first-order valence-electron chi connectivity index (χ1n) is 10.1. The van der Waals surface area contributed by atoms with Gasteiger partial charge in [-0.2, -0.15) is 13.2 Å². The third-order valence-corrected chi connectivity index (χ3v) is 6.57. The van der Waals surface area contributed by atoms with E-state index in [-0.39, 0.29) is 23.1 Å². The van der Waals surface area contributed by atoms with Crippen molar-refractivity contribution in [3.05, 3.63) is 17.2 Å². The van der Waals surface area contributed by atoms with Crippen LogP contribution in [0.4, 0.5) is 18.3 Å². The SMILES string of the molecule is CN(C(=O)C=C[C@H](CC1CCCCC1)NC(=O)[C@@H]1CCN1)c1nnc(C(F)(F)F)s1. The van der Waals surface area contributed by atoms with Crippen molar-refractivity contribution in [2.75, 3.05) is 18.5 Å². The Bertz CT molecular complexity index is 772. The van der Waals surface area contributed by atoms with Gasteiger partial charge >= 0.3 is 6.18 Å². The lowest BCUT2D eigenvalue weighted by molar-refractivity contribution is -0.138. The van der Waals surface area contributed by atoms with Gasteiger partial charge in [-0.1, -0.05) is 49.5 Å². The molecule has 1 aliphatic carbocycles. The Labute approximate surface area is 177 Å². The summed E-state index contributed by atoms with van der Waals surface area (Å²) in [6.07, 6.45) is 5.60. The van der Waals surface area contributed by atoms with Gasteiger partial charge in [-0.15, -0.1) is 10.2 Å². The zero-order valence-corrected chi connectivity index (χ0v) is 17.6. The average Bonchev–Trinajstić information content (AvgIpc) is 3.15. The molecule has 0 bridgehead atoms. The molecular weight excluding hydrogens is 419 g/mol. The molecule has 1 saturated heterocycles. The molecule has 1 saturated carbocycles. The average molecular weight is 446 g/mol. The van der Waals surface area contributed by atoms with Gasteiger partial charge in [0.25, 0.3) is 5.91 Å². The van der Waals surface area contributed by atoms with Gasteiger partial charge in [0.1, 0.15) is 0 Å². The van der Waals surface area contributed by atoms with Crippen LogP contribution >= 0.6 is 11.3 Å². The number of hydrogen-bond donors (Lipinski definition) is 2. The number of aromatic nitrogens is 2. The summed E-state index contributed by atoms with van der Waals surface area (Å²) in [5.41, 5.74) is 0. The molecule has 1 aromatic rings. The minimum absolute atomic E-state index is 0.0912. The van der Waals surface area contributed by atoms with Gasteiger partial charge in [0, 0.05) is 19.2 Å². The number of amides is 2. The molecule has 0 unspecified atom stereocenters. The summed E-state index contributed by atoms with van der Waals surface area (Å²) in [6, 6.07) is -0.506. The van der Waals surface area contributed by atoms with Crippen molar-refractivity contribution in [3.63, 3.8) is 0 Å². The lowest BCUT2D eigenvalue weighted by Crippen LogP contribution is -2.55. The van der Waals surface area contributed by atoms with Crippen LogP contribution in [0, 0.1) is 5.92 Å². The number of nitrogens with zero attached hydrogens (tertiary/aromatic N) is 3. The third kappa shape index (κ3) is 6.00. The molecular formula is C19H26F3N5O2S. The van der Waals surface area contributed by atoms with E-state index in [0.29, 0.717) is 17.3 Å². The largest absolute Gasteiger partial charge is 0.445 e. The third-order valence-electron chi connectivity index (χ3n) is 5.53. The highest BCUT2D eigenvalue weighted by Gasteiger charge is 2.36.